The van der Waals surface area contributed by atoms with Gasteiger partial charge in [-0.1, -0.05) is 13.0 Å². The molecule has 1 atom stereocenters. The first kappa shape index (κ1) is 23.6. The van der Waals surface area contributed by atoms with E-state index < -0.39 is 16.1 Å². The minimum Gasteiger partial charge on any atom is -0.481 e. The summed E-state index contributed by atoms with van der Waals surface area (Å²) in [4.78, 5) is 26.7. The highest BCUT2D eigenvalue weighted by atomic mass is 32.2. The molecule has 0 spiro atoms. The summed E-state index contributed by atoms with van der Waals surface area (Å²) in [6.45, 7) is 4.47. The maximum absolute atomic E-state index is 12.8. The van der Waals surface area contributed by atoms with Gasteiger partial charge in [0.1, 0.15) is 5.75 Å². The third kappa shape index (κ3) is 5.40. The molecule has 2 aromatic rings. The minimum atomic E-state index is -3.36. The summed E-state index contributed by atoms with van der Waals surface area (Å²) in [5, 5.41) is 2.88. The number of hydrogen-bond acceptors (Lipinski definition) is 5. The van der Waals surface area contributed by atoms with Crippen LogP contribution in [0.5, 0.6) is 5.75 Å². The lowest BCUT2D eigenvalue weighted by Gasteiger charge is -2.21. The summed E-state index contributed by atoms with van der Waals surface area (Å²) in [7, 11) is -1.89. The van der Waals surface area contributed by atoms with Gasteiger partial charge in [0.05, 0.1) is 11.9 Å². The van der Waals surface area contributed by atoms with Gasteiger partial charge >= 0.3 is 0 Å². The van der Waals surface area contributed by atoms with Gasteiger partial charge in [0, 0.05) is 31.4 Å². The monoisotopic (exact) mass is 459 g/mol. The van der Waals surface area contributed by atoms with Crippen LogP contribution in [-0.4, -0.2) is 46.2 Å². The molecule has 0 aromatic heterocycles. The predicted molar refractivity (Wildman–Crippen MR) is 126 cm³/mol. The molecule has 1 saturated heterocycles. The topological polar surface area (TPSA) is 96.0 Å². The van der Waals surface area contributed by atoms with Gasteiger partial charge in [0.15, 0.2) is 6.10 Å². The number of carbonyl (C=O) groups is 2. The van der Waals surface area contributed by atoms with Gasteiger partial charge in [-0.05, 0) is 61.7 Å². The van der Waals surface area contributed by atoms with Gasteiger partial charge < -0.3 is 15.0 Å². The van der Waals surface area contributed by atoms with Crippen molar-refractivity contribution in [3.8, 4) is 5.75 Å². The Morgan fingerprint density at radius 3 is 2.47 bits per heavy atom. The largest absolute Gasteiger partial charge is 0.481 e. The van der Waals surface area contributed by atoms with Crippen LogP contribution in [0.25, 0.3) is 0 Å². The smallest absolute Gasteiger partial charge is 0.265 e. The molecule has 3 rings (SSSR count). The maximum Gasteiger partial charge on any atom is 0.265 e. The van der Waals surface area contributed by atoms with Gasteiger partial charge in [0.25, 0.3) is 5.91 Å². The van der Waals surface area contributed by atoms with Crippen molar-refractivity contribution in [3.63, 3.8) is 0 Å². The number of sulfonamides is 1. The van der Waals surface area contributed by atoms with Crippen molar-refractivity contribution in [2.24, 2.45) is 0 Å². The Morgan fingerprint density at radius 2 is 1.91 bits per heavy atom. The highest BCUT2D eigenvalue weighted by Gasteiger charge is 2.24. The van der Waals surface area contributed by atoms with Gasteiger partial charge in [-0.15, -0.1) is 0 Å². The molecular weight excluding hydrogens is 430 g/mol. The number of amides is 2. The molecular formula is C23H29N3O5S. The molecule has 1 fully saturated rings. The number of aryl methyl sites for hydroxylation is 1. The molecule has 9 heteroatoms. The molecule has 2 amide bonds. The first-order valence-electron chi connectivity index (χ1n) is 10.5. The number of carbonyl (C=O) groups excluding carboxylic acids is 2. The fraction of sp³-hybridized carbons (Fsp3) is 0.391. The number of anilines is 3. The zero-order chi connectivity index (χ0) is 23.5. The molecule has 0 aliphatic carbocycles. The van der Waals surface area contributed by atoms with Crippen molar-refractivity contribution in [2.75, 3.05) is 34.4 Å². The molecule has 0 bridgehead atoms. The van der Waals surface area contributed by atoms with E-state index in [9.17, 15) is 18.0 Å². The molecule has 1 aliphatic heterocycles. The van der Waals surface area contributed by atoms with Crippen LogP contribution in [0, 0.1) is 6.92 Å². The number of ether oxygens (including phenoxy) is 1. The molecule has 32 heavy (non-hydrogen) atoms. The van der Waals surface area contributed by atoms with E-state index in [4.69, 9.17) is 4.74 Å². The standard InChI is InChI=1S/C23H29N3O5S/c1-5-21(31-19-12-10-18(11-13-19)25(3)32(4,29)30)23(28)24-17-9-8-16(2)20(15-17)26-14-6-7-22(26)27/h8-13,15,21H,5-7,14H2,1-4H3,(H,24,28)/t21-/m0/s1. The van der Waals surface area contributed by atoms with E-state index in [1.807, 2.05) is 26.0 Å². The highest BCUT2D eigenvalue weighted by molar-refractivity contribution is 7.92. The van der Waals surface area contributed by atoms with E-state index in [0.717, 1.165) is 23.9 Å². The van der Waals surface area contributed by atoms with Crippen LogP contribution in [-0.2, 0) is 19.6 Å². The Labute approximate surface area is 189 Å². The Balaban J connectivity index is 1.69. The fourth-order valence-corrected chi connectivity index (χ4v) is 4.02. The Morgan fingerprint density at radius 1 is 1.22 bits per heavy atom. The number of nitrogens with zero attached hydrogens (tertiary/aromatic N) is 2. The SMILES string of the molecule is CC[C@H](Oc1ccc(N(C)S(C)(=O)=O)cc1)C(=O)Nc1ccc(C)c(N2CCCC2=O)c1. The van der Waals surface area contributed by atoms with Crippen molar-refractivity contribution < 1.29 is 22.7 Å². The van der Waals surface area contributed by atoms with Crippen LogP contribution in [0.3, 0.4) is 0 Å². The van der Waals surface area contributed by atoms with Gasteiger partial charge in [-0.25, -0.2) is 8.42 Å². The normalized spacial score (nSPS) is 14.9. The van der Waals surface area contributed by atoms with E-state index in [2.05, 4.69) is 5.32 Å². The zero-order valence-electron chi connectivity index (χ0n) is 18.8. The van der Waals surface area contributed by atoms with Crippen LogP contribution < -0.4 is 19.3 Å². The lowest BCUT2D eigenvalue weighted by Crippen LogP contribution is -2.32. The highest BCUT2D eigenvalue weighted by Crippen LogP contribution is 2.28. The average molecular weight is 460 g/mol. The van der Waals surface area contributed by atoms with Gasteiger partial charge in [-0.2, -0.15) is 0 Å². The summed E-state index contributed by atoms with van der Waals surface area (Å²) in [5.41, 5.74) is 2.88. The number of rotatable bonds is 8. The Bertz CT molecular complexity index is 1100. The van der Waals surface area contributed by atoms with Gasteiger partial charge in [0.2, 0.25) is 15.9 Å². The van der Waals surface area contributed by atoms with Crippen molar-refractivity contribution in [1.82, 2.24) is 0 Å². The first-order valence-corrected chi connectivity index (χ1v) is 12.4. The summed E-state index contributed by atoms with van der Waals surface area (Å²) < 4.78 is 30.4. The molecule has 0 unspecified atom stereocenters. The van der Waals surface area contributed by atoms with Crippen molar-refractivity contribution in [2.45, 2.75) is 39.2 Å². The molecule has 0 radical (unpaired) electrons. The number of hydrogen-bond donors (Lipinski definition) is 1. The third-order valence-corrected chi connectivity index (χ3v) is 6.69. The molecule has 2 aromatic carbocycles. The lowest BCUT2D eigenvalue weighted by molar-refractivity contribution is -0.122. The van der Waals surface area contributed by atoms with Crippen molar-refractivity contribution in [3.05, 3.63) is 48.0 Å². The fourth-order valence-electron chi connectivity index (χ4n) is 3.52. The predicted octanol–water partition coefficient (Wildman–Crippen LogP) is 3.31. The Hall–Kier alpha value is -3.07. The van der Waals surface area contributed by atoms with E-state index >= 15 is 0 Å². The number of benzene rings is 2. The minimum absolute atomic E-state index is 0.0938. The third-order valence-electron chi connectivity index (χ3n) is 5.48. The lowest BCUT2D eigenvalue weighted by atomic mass is 10.1. The quantitative estimate of drug-likeness (QED) is 0.653. The summed E-state index contributed by atoms with van der Waals surface area (Å²) in [6.07, 6.45) is 2.22. The molecule has 1 heterocycles. The average Bonchev–Trinajstić information content (AvgIpc) is 3.18. The van der Waals surface area contributed by atoms with Crippen LogP contribution in [0.2, 0.25) is 0 Å². The first-order chi connectivity index (χ1) is 15.1. The number of nitrogens with one attached hydrogen (secondary N) is 1. The molecule has 1 N–H and O–H groups in total. The van der Waals surface area contributed by atoms with E-state index in [0.29, 0.717) is 36.5 Å². The Kier molecular flexibility index (Phi) is 7.08. The van der Waals surface area contributed by atoms with Crippen molar-refractivity contribution in [1.29, 1.82) is 0 Å². The van der Waals surface area contributed by atoms with E-state index in [1.54, 1.807) is 35.2 Å². The van der Waals surface area contributed by atoms with Crippen LogP contribution in [0.4, 0.5) is 17.1 Å². The summed E-state index contributed by atoms with van der Waals surface area (Å²) >= 11 is 0. The van der Waals surface area contributed by atoms with Crippen LogP contribution in [0.15, 0.2) is 42.5 Å². The molecule has 0 saturated carbocycles. The van der Waals surface area contributed by atoms with Gasteiger partial charge in [-0.3, -0.25) is 13.9 Å². The van der Waals surface area contributed by atoms with Crippen LogP contribution in [0.1, 0.15) is 31.7 Å². The van der Waals surface area contributed by atoms with E-state index in [1.165, 1.54) is 11.4 Å². The van der Waals surface area contributed by atoms with E-state index in [-0.39, 0.29) is 11.8 Å². The second-order valence-electron chi connectivity index (χ2n) is 7.88. The second kappa shape index (κ2) is 9.60. The molecule has 8 nitrogen and oxygen atoms in total. The summed E-state index contributed by atoms with van der Waals surface area (Å²) in [5.74, 6) is 0.258. The second-order valence-corrected chi connectivity index (χ2v) is 9.89. The van der Waals surface area contributed by atoms with Crippen LogP contribution >= 0.6 is 0 Å². The van der Waals surface area contributed by atoms with Crippen molar-refractivity contribution >= 4 is 38.9 Å². The molecule has 1 aliphatic rings. The maximum atomic E-state index is 12.8. The zero-order valence-corrected chi connectivity index (χ0v) is 19.6. The molecule has 172 valence electrons. The summed E-state index contributed by atoms with van der Waals surface area (Å²) in [6, 6.07) is 12.0.